The Kier molecular flexibility index (Phi) is 6.43. The van der Waals surface area contributed by atoms with E-state index in [0.717, 1.165) is 11.3 Å². The quantitative estimate of drug-likeness (QED) is 0.365. The Hall–Kier alpha value is -3.65. The summed E-state index contributed by atoms with van der Waals surface area (Å²) < 4.78 is 0. The Labute approximate surface area is 202 Å². The number of anilines is 2. The van der Waals surface area contributed by atoms with Crippen LogP contribution in [0.1, 0.15) is 47.6 Å². The van der Waals surface area contributed by atoms with Crippen LogP contribution in [0.15, 0.2) is 72.8 Å². The minimum atomic E-state index is -0.533. The van der Waals surface area contributed by atoms with Crippen LogP contribution in [0.25, 0.3) is 0 Å². The molecule has 174 valence electrons. The number of benzene rings is 3. The van der Waals surface area contributed by atoms with Crippen molar-refractivity contribution in [1.82, 2.24) is 0 Å². The van der Waals surface area contributed by atoms with Crippen LogP contribution in [-0.4, -0.2) is 22.5 Å². The molecule has 0 radical (unpaired) electrons. The Bertz CT molecular complexity index is 1250. The van der Waals surface area contributed by atoms with Crippen molar-refractivity contribution in [3.05, 3.63) is 99.6 Å². The van der Waals surface area contributed by atoms with E-state index in [1.54, 1.807) is 11.0 Å². The van der Waals surface area contributed by atoms with Gasteiger partial charge in [-0.2, -0.15) is 0 Å². The molecule has 34 heavy (non-hydrogen) atoms. The Morgan fingerprint density at radius 3 is 2.44 bits per heavy atom. The normalized spacial score (nSPS) is 15.9. The number of nitrogens with zero attached hydrogens (tertiary/aromatic N) is 2. The molecule has 0 bridgehead atoms. The monoisotopic (exact) mass is 475 g/mol. The molecule has 8 heteroatoms. The number of nitro benzene ring substituents is 1. The zero-order chi connectivity index (χ0) is 24.5. The summed E-state index contributed by atoms with van der Waals surface area (Å²) in [5.41, 5.74) is 3.54. The van der Waals surface area contributed by atoms with Gasteiger partial charge in [0.25, 0.3) is 11.6 Å². The number of carbonyl (C=O) groups is 2. The number of carbonyl (C=O) groups excluding carboxylic acids is 2. The van der Waals surface area contributed by atoms with Crippen LogP contribution in [-0.2, 0) is 10.2 Å². The van der Waals surface area contributed by atoms with E-state index in [1.165, 1.54) is 41.6 Å². The Morgan fingerprint density at radius 2 is 1.76 bits per heavy atom. The van der Waals surface area contributed by atoms with Gasteiger partial charge >= 0.3 is 0 Å². The number of thioether (sulfide) groups is 1. The van der Waals surface area contributed by atoms with Crippen molar-refractivity contribution in [3.63, 3.8) is 0 Å². The first kappa shape index (κ1) is 23.5. The molecule has 3 aromatic rings. The van der Waals surface area contributed by atoms with E-state index in [-0.39, 0.29) is 27.9 Å². The highest BCUT2D eigenvalue weighted by atomic mass is 32.2. The molecular formula is C26H25N3O4S. The van der Waals surface area contributed by atoms with Crippen molar-refractivity contribution in [1.29, 1.82) is 0 Å². The lowest BCUT2D eigenvalue weighted by atomic mass is 9.87. The third-order valence-corrected chi connectivity index (χ3v) is 6.84. The average molecular weight is 476 g/mol. The number of non-ortho nitro benzene ring substituents is 1. The van der Waals surface area contributed by atoms with Gasteiger partial charge in [0.1, 0.15) is 5.37 Å². The predicted molar refractivity (Wildman–Crippen MR) is 135 cm³/mol. The molecule has 0 unspecified atom stereocenters. The highest BCUT2D eigenvalue weighted by Crippen LogP contribution is 2.42. The first-order chi connectivity index (χ1) is 16.1. The molecule has 1 saturated heterocycles. The molecule has 1 fully saturated rings. The maximum absolute atomic E-state index is 12.8. The second-order valence-corrected chi connectivity index (χ2v) is 10.2. The largest absolute Gasteiger partial charge is 0.322 e. The van der Waals surface area contributed by atoms with Gasteiger partial charge in [-0.1, -0.05) is 51.1 Å². The number of nitro groups is 1. The predicted octanol–water partition coefficient (Wildman–Crippen LogP) is 5.92. The standard InChI is InChI=1S/C26H25N3O4S/c1-26(2,3)19-10-12-21(13-11-19)28-23(30)16-34-25(28)18-7-4-8-20(14-18)27-24(31)17-6-5-9-22(15-17)29(32)33/h4-15,25H,16H2,1-3H3,(H,27,31)/t25-/m1/s1. The van der Waals surface area contributed by atoms with Crippen LogP contribution in [0.4, 0.5) is 17.1 Å². The molecule has 1 atom stereocenters. The number of hydrogen-bond acceptors (Lipinski definition) is 5. The number of rotatable bonds is 5. The van der Waals surface area contributed by atoms with Gasteiger partial charge in [-0.15, -0.1) is 11.8 Å². The second-order valence-electron chi connectivity index (χ2n) is 9.11. The molecular weight excluding hydrogens is 450 g/mol. The number of hydrogen-bond donors (Lipinski definition) is 1. The van der Waals surface area contributed by atoms with Crippen LogP contribution in [0.2, 0.25) is 0 Å². The number of nitrogens with one attached hydrogen (secondary N) is 1. The molecule has 1 N–H and O–H groups in total. The molecule has 2 amide bonds. The van der Waals surface area contributed by atoms with E-state index in [2.05, 4.69) is 38.2 Å². The molecule has 0 spiro atoms. The smallest absolute Gasteiger partial charge is 0.270 e. The van der Waals surface area contributed by atoms with E-state index in [1.807, 2.05) is 30.3 Å². The van der Waals surface area contributed by atoms with Gasteiger partial charge in [0.05, 0.1) is 10.7 Å². The van der Waals surface area contributed by atoms with Gasteiger partial charge in [-0.25, -0.2) is 0 Å². The fraction of sp³-hybridized carbons (Fsp3) is 0.231. The topological polar surface area (TPSA) is 92.6 Å². The molecule has 1 aliphatic rings. The van der Waals surface area contributed by atoms with Gasteiger partial charge in [-0.05, 0) is 46.9 Å². The summed E-state index contributed by atoms with van der Waals surface area (Å²) in [5.74, 6) is -0.0363. The zero-order valence-corrected chi connectivity index (χ0v) is 20.0. The minimum absolute atomic E-state index is 0.0213. The maximum atomic E-state index is 12.8. The first-order valence-electron chi connectivity index (χ1n) is 10.8. The van der Waals surface area contributed by atoms with Crippen molar-refractivity contribution >= 4 is 40.6 Å². The summed E-state index contributed by atoms with van der Waals surface area (Å²) in [7, 11) is 0. The molecule has 1 aliphatic heterocycles. The van der Waals surface area contributed by atoms with Crippen molar-refractivity contribution in [2.24, 2.45) is 0 Å². The van der Waals surface area contributed by atoms with Gasteiger partial charge in [-0.3, -0.25) is 24.6 Å². The molecule has 0 aliphatic carbocycles. The molecule has 4 rings (SSSR count). The average Bonchev–Trinajstić information content (AvgIpc) is 3.20. The van der Waals surface area contributed by atoms with Gasteiger partial charge in [0.2, 0.25) is 5.91 Å². The lowest BCUT2D eigenvalue weighted by Crippen LogP contribution is -2.28. The highest BCUT2D eigenvalue weighted by Gasteiger charge is 2.34. The van der Waals surface area contributed by atoms with Crippen LogP contribution in [0.5, 0.6) is 0 Å². The van der Waals surface area contributed by atoms with Gasteiger partial charge < -0.3 is 5.32 Å². The molecule has 7 nitrogen and oxygen atoms in total. The summed E-state index contributed by atoms with van der Waals surface area (Å²) in [4.78, 5) is 37.7. The van der Waals surface area contributed by atoms with Crippen molar-refractivity contribution in [2.75, 3.05) is 16.0 Å². The number of amides is 2. The molecule has 0 saturated carbocycles. The van der Waals surface area contributed by atoms with E-state index in [0.29, 0.717) is 11.4 Å². The summed E-state index contributed by atoms with van der Waals surface area (Å²) in [6, 6.07) is 21.0. The molecule has 3 aromatic carbocycles. The van der Waals surface area contributed by atoms with E-state index < -0.39 is 10.8 Å². The van der Waals surface area contributed by atoms with Crippen LogP contribution in [0, 0.1) is 10.1 Å². The summed E-state index contributed by atoms with van der Waals surface area (Å²) in [6.07, 6.45) is 0. The third-order valence-electron chi connectivity index (χ3n) is 5.63. The minimum Gasteiger partial charge on any atom is -0.322 e. The second kappa shape index (κ2) is 9.30. The Morgan fingerprint density at radius 1 is 1.06 bits per heavy atom. The van der Waals surface area contributed by atoms with Gasteiger partial charge in [0.15, 0.2) is 0 Å². The molecule has 1 heterocycles. The van der Waals surface area contributed by atoms with E-state index in [9.17, 15) is 19.7 Å². The molecule has 0 aromatic heterocycles. The fourth-order valence-electron chi connectivity index (χ4n) is 3.81. The van der Waals surface area contributed by atoms with Crippen LogP contribution >= 0.6 is 11.8 Å². The lowest BCUT2D eigenvalue weighted by Gasteiger charge is -2.26. The van der Waals surface area contributed by atoms with Crippen LogP contribution in [0.3, 0.4) is 0 Å². The third kappa shape index (κ3) is 4.97. The summed E-state index contributed by atoms with van der Waals surface area (Å²) in [6.45, 7) is 6.44. The zero-order valence-electron chi connectivity index (χ0n) is 19.1. The fourth-order valence-corrected chi connectivity index (χ4v) is 4.97. The van der Waals surface area contributed by atoms with E-state index >= 15 is 0 Å². The Balaban J connectivity index is 1.56. The van der Waals surface area contributed by atoms with Crippen molar-refractivity contribution in [2.45, 2.75) is 31.6 Å². The highest BCUT2D eigenvalue weighted by molar-refractivity contribution is 8.00. The lowest BCUT2D eigenvalue weighted by molar-refractivity contribution is -0.384. The van der Waals surface area contributed by atoms with Gasteiger partial charge in [0, 0.05) is 29.1 Å². The first-order valence-corrected chi connectivity index (χ1v) is 11.9. The van der Waals surface area contributed by atoms with Crippen molar-refractivity contribution < 1.29 is 14.5 Å². The summed E-state index contributed by atoms with van der Waals surface area (Å²) >= 11 is 1.53. The SMILES string of the molecule is CC(C)(C)c1ccc(N2C(=O)CS[C@@H]2c2cccc(NC(=O)c3cccc([N+](=O)[O-])c3)c2)cc1. The summed E-state index contributed by atoms with van der Waals surface area (Å²) in [5, 5.41) is 13.6. The van der Waals surface area contributed by atoms with Crippen LogP contribution < -0.4 is 10.2 Å². The van der Waals surface area contributed by atoms with E-state index in [4.69, 9.17) is 0 Å². The van der Waals surface area contributed by atoms with Crippen molar-refractivity contribution in [3.8, 4) is 0 Å². The maximum Gasteiger partial charge on any atom is 0.270 e.